The predicted octanol–water partition coefficient (Wildman–Crippen LogP) is 2.74. The van der Waals surface area contributed by atoms with Crippen LogP contribution in [-0.4, -0.2) is 4.43 Å². The molecule has 0 aromatic rings. The van der Waals surface area contributed by atoms with E-state index in [9.17, 15) is 0 Å². The molecule has 0 saturated carbocycles. The first-order chi connectivity index (χ1) is 2.81. The van der Waals surface area contributed by atoms with E-state index in [0.29, 0.717) is 5.03 Å². The van der Waals surface area contributed by atoms with Gasteiger partial charge in [-0.2, -0.15) is 0 Å². The van der Waals surface area contributed by atoms with E-state index in [-0.39, 0.29) is 0 Å². The van der Waals surface area contributed by atoms with E-state index in [0.717, 1.165) is 4.43 Å². The molecule has 0 nitrogen and oxygen atoms in total. The summed E-state index contributed by atoms with van der Waals surface area (Å²) in [5.74, 6) is 0. The second-order valence-corrected chi connectivity index (χ2v) is 2.16. The topological polar surface area (TPSA) is 0 Å². The second-order valence-electron chi connectivity index (χ2n) is 0.690. The van der Waals surface area contributed by atoms with E-state index >= 15 is 0 Å². The van der Waals surface area contributed by atoms with Crippen LogP contribution in [0.25, 0.3) is 0 Å². The van der Waals surface area contributed by atoms with Crippen LogP contribution in [0.5, 0.6) is 0 Å². The molecule has 0 aromatic heterocycles. The molecule has 0 fully saturated rings. The summed E-state index contributed by atoms with van der Waals surface area (Å²) in [6.07, 6.45) is 0. The molecule has 0 aliphatic rings. The molecule has 3 heteroatoms. The van der Waals surface area contributed by atoms with Gasteiger partial charge in [-0.15, -0.1) is 0 Å². The van der Waals surface area contributed by atoms with Crippen molar-refractivity contribution in [2.75, 3.05) is 4.43 Å². The van der Waals surface area contributed by atoms with Gasteiger partial charge in [-0.1, -0.05) is 45.8 Å². The lowest BCUT2D eigenvalue weighted by molar-refractivity contribution is 1.79. The monoisotopic (exact) mass is 236 g/mol. The quantitative estimate of drug-likeness (QED) is 0.485. The van der Waals surface area contributed by atoms with Gasteiger partial charge in [0.1, 0.15) is 0 Å². The molecule has 0 rings (SSSR count). The maximum absolute atomic E-state index is 5.37. The summed E-state index contributed by atoms with van der Waals surface area (Å²) in [5.41, 5.74) is 1.37. The number of rotatable bonds is 1. The first-order valence-corrected chi connectivity index (χ1v) is 3.66. The second kappa shape index (κ2) is 4.22. The van der Waals surface area contributed by atoms with Crippen LogP contribution in [0.15, 0.2) is 10.6 Å². The SMILES string of the molecule is ClC=C(Cl)CI. The molecule has 0 amide bonds. The minimum atomic E-state index is 0.692. The summed E-state index contributed by atoms with van der Waals surface area (Å²) < 4.78 is 0.794. The maximum Gasteiger partial charge on any atom is 0.0391 e. The summed E-state index contributed by atoms with van der Waals surface area (Å²) in [7, 11) is 0. The Morgan fingerprint density at radius 1 is 1.83 bits per heavy atom. The van der Waals surface area contributed by atoms with Crippen molar-refractivity contribution in [1.29, 1.82) is 0 Å². The average molecular weight is 237 g/mol. The molecular formula is C3H3Cl2I. The minimum absolute atomic E-state index is 0.692. The zero-order valence-corrected chi connectivity index (χ0v) is 6.59. The highest BCUT2D eigenvalue weighted by Crippen LogP contribution is 2.05. The minimum Gasteiger partial charge on any atom is -0.0917 e. The molecule has 36 valence electrons. The van der Waals surface area contributed by atoms with Gasteiger partial charge in [-0.3, -0.25) is 0 Å². The van der Waals surface area contributed by atoms with Crippen LogP contribution in [0.4, 0.5) is 0 Å². The number of allylic oxidation sites excluding steroid dienone is 1. The molecule has 6 heavy (non-hydrogen) atoms. The molecule has 0 heterocycles. The van der Waals surface area contributed by atoms with Gasteiger partial charge >= 0.3 is 0 Å². The highest BCUT2D eigenvalue weighted by atomic mass is 127. The van der Waals surface area contributed by atoms with Crippen molar-refractivity contribution >= 4 is 45.8 Å². The molecular weight excluding hydrogens is 234 g/mol. The summed E-state index contributed by atoms with van der Waals surface area (Å²) in [5, 5.41) is 0.692. The summed E-state index contributed by atoms with van der Waals surface area (Å²) in [6.45, 7) is 0. The lowest BCUT2D eigenvalue weighted by Gasteiger charge is -1.78. The van der Waals surface area contributed by atoms with E-state index in [2.05, 4.69) is 22.6 Å². The highest BCUT2D eigenvalue weighted by Gasteiger charge is 1.79. The van der Waals surface area contributed by atoms with Gasteiger partial charge in [0.15, 0.2) is 0 Å². The van der Waals surface area contributed by atoms with E-state index in [1.807, 2.05) is 0 Å². The Kier molecular flexibility index (Phi) is 4.95. The third kappa shape index (κ3) is 3.25. The third-order valence-corrected chi connectivity index (χ3v) is 2.14. The molecule has 0 unspecified atom stereocenters. The maximum atomic E-state index is 5.37. The van der Waals surface area contributed by atoms with Crippen LogP contribution >= 0.6 is 45.8 Å². The summed E-state index contributed by atoms with van der Waals surface area (Å²) in [4.78, 5) is 0. The number of hydrogen-bond donors (Lipinski definition) is 0. The zero-order valence-electron chi connectivity index (χ0n) is 2.92. The molecule has 0 saturated heterocycles. The lowest BCUT2D eigenvalue weighted by Crippen LogP contribution is -1.62. The fourth-order valence-corrected chi connectivity index (χ4v) is 0.587. The molecule has 0 bridgehead atoms. The van der Waals surface area contributed by atoms with Crippen LogP contribution < -0.4 is 0 Å². The molecule has 0 N–H and O–H groups in total. The smallest absolute Gasteiger partial charge is 0.0391 e. The Hall–Kier alpha value is 1.05. The van der Waals surface area contributed by atoms with Crippen LogP contribution in [-0.2, 0) is 0 Å². The van der Waals surface area contributed by atoms with Gasteiger partial charge in [0.05, 0.1) is 0 Å². The van der Waals surface area contributed by atoms with Crippen molar-refractivity contribution in [1.82, 2.24) is 0 Å². The predicted molar refractivity (Wildman–Crippen MR) is 38.7 cm³/mol. The fourth-order valence-electron chi connectivity index (χ4n) is 0.0292. The molecule has 0 radical (unpaired) electrons. The van der Waals surface area contributed by atoms with Crippen molar-refractivity contribution in [2.24, 2.45) is 0 Å². The third-order valence-electron chi connectivity index (χ3n) is 0.246. The summed E-state index contributed by atoms with van der Waals surface area (Å²) >= 11 is 12.7. The first-order valence-electron chi connectivity index (χ1n) is 1.32. The van der Waals surface area contributed by atoms with E-state index in [4.69, 9.17) is 23.2 Å². The molecule has 0 aromatic carbocycles. The normalized spacial score (nSPS) is 12.2. The number of alkyl halides is 1. The zero-order chi connectivity index (χ0) is 4.99. The lowest BCUT2D eigenvalue weighted by atomic mass is 10.8. The van der Waals surface area contributed by atoms with Crippen LogP contribution in [0.3, 0.4) is 0 Å². The van der Waals surface area contributed by atoms with Crippen LogP contribution in [0, 0.1) is 0 Å². The molecule has 0 aliphatic heterocycles. The Balaban J connectivity index is 3.22. The van der Waals surface area contributed by atoms with Gasteiger partial charge in [0, 0.05) is 15.0 Å². The molecule has 0 spiro atoms. The summed E-state index contributed by atoms with van der Waals surface area (Å²) in [6, 6.07) is 0. The van der Waals surface area contributed by atoms with Crippen molar-refractivity contribution in [3.63, 3.8) is 0 Å². The van der Waals surface area contributed by atoms with Gasteiger partial charge < -0.3 is 0 Å². The fraction of sp³-hybridized carbons (Fsp3) is 0.333. The number of halogens is 3. The van der Waals surface area contributed by atoms with E-state index in [1.165, 1.54) is 5.54 Å². The Morgan fingerprint density at radius 3 is 2.33 bits per heavy atom. The van der Waals surface area contributed by atoms with Crippen molar-refractivity contribution in [3.8, 4) is 0 Å². The van der Waals surface area contributed by atoms with Gasteiger partial charge in [-0.05, 0) is 0 Å². The van der Waals surface area contributed by atoms with Crippen molar-refractivity contribution in [3.05, 3.63) is 10.6 Å². The van der Waals surface area contributed by atoms with Gasteiger partial charge in [0.25, 0.3) is 0 Å². The van der Waals surface area contributed by atoms with E-state index < -0.39 is 0 Å². The average Bonchev–Trinajstić information content (AvgIpc) is 1.65. The van der Waals surface area contributed by atoms with Crippen molar-refractivity contribution < 1.29 is 0 Å². The van der Waals surface area contributed by atoms with Crippen molar-refractivity contribution in [2.45, 2.75) is 0 Å². The highest BCUT2D eigenvalue weighted by molar-refractivity contribution is 14.1. The van der Waals surface area contributed by atoms with E-state index in [1.54, 1.807) is 0 Å². The molecule has 0 aliphatic carbocycles. The van der Waals surface area contributed by atoms with Gasteiger partial charge in [-0.25, -0.2) is 0 Å². The standard InChI is InChI=1S/C3H3Cl2I/c4-1-3(5)2-6/h1H,2H2. The van der Waals surface area contributed by atoms with Gasteiger partial charge in [0.2, 0.25) is 0 Å². The first kappa shape index (κ1) is 7.05. The Labute approximate surface area is 60.6 Å². The number of hydrogen-bond acceptors (Lipinski definition) is 0. The Morgan fingerprint density at radius 2 is 2.33 bits per heavy atom. The molecule has 0 atom stereocenters. The van der Waals surface area contributed by atoms with Crippen LogP contribution in [0.1, 0.15) is 0 Å². The van der Waals surface area contributed by atoms with Crippen LogP contribution in [0.2, 0.25) is 0 Å². The largest absolute Gasteiger partial charge is 0.0917 e. The Bertz CT molecular complexity index is 59.8.